The second-order valence-corrected chi connectivity index (χ2v) is 44.5. The van der Waals surface area contributed by atoms with Gasteiger partial charge in [-0.15, -0.1) is 0 Å². The fraction of sp³-hybridized carbons (Fsp3) is 0.417. The van der Waals surface area contributed by atoms with E-state index in [4.69, 9.17) is 38.9 Å². The first-order valence-electron chi connectivity index (χ1n) is 46.7. The van der Waals surface area contributed by atoms with E-state index in [1.54, 1.807) is 42.5 Å². The largest absolute Gasteiger partial charge is 0.477 e. The smallest absolute Gasteiger partial charge is 0.221 e. The molecule has 0 radical (unpaired) electrons. The van der Waals surface area contributed by atoms with Crippen LogP contribution >= 0.6 is 0 Å². The lowest BCUT2D eigenvalue weighted by Gasteiger charge is -2.30. The number of benzene rings is 4. The zero-order valence-corrected chi connectivity index (χ0v) is 83.4. The molecule has 16 heterocycles. The van der Waals surface area contributed by atoms with Crippen molar-refractivity contribution >= 4 is 151 Å². The fourth-order valence-electron chi connectivity index (χ4n) is 18.2. The Morgan fingerprint density at radius 1 is 0.307 bits per heavy atom. The lowest BCUT2D eigenvalue weighted by Crippen LogP contribution is -2.39. The summed E-state index contributed by atoms with van der Waals surface area (Å²) in [7, 11) is -12.6. The van der Waals surface area contributed by atoms with E-state index in [9.17, 15) is 33.7 Å². The maximum Gasteiger partial charge on any atom is 0.221 e. The van der Waals surface area contributed by atoms with Gasteiger partial charge in [0.1, 0.15) is 47.4 Å². The molecule has 736 valence electrons. The van der Waals surface area contributed by atoms with Crippen molar-refractivity contribution in [2.24, 2.45) is 23.7 Å². The number of ether oxygens (including phenoxy) is 4. The van der Waals surface area contributed by atoms with Crippen LogP contribution < -0.4 is 40.2 Å². The van der Waals surface area contributed by atoms with Crippen LogP contribution in [-0.2, 0) is 40.1 Å². The van der Waals surface area contributed by atoms with Gasteiger partial charge in [0.15, 0.2) is 45.9 Å². The number of H-pyrrole nitrogens is 4. The number of aromatic nitrogens is 20. The molecule has 4 saturated heterocycles. The molecular formula is C96H116N28O12S4. The number of imidazole rings is 4. The number of anilines is 4. The van der Waals surface area contributed by atoms with Crippen LogP contribution in [0.5, 0.6) is 23.5 Å². The predicted octanol–water partition coefficient (Wildman–Crippen LogP) is 13.7. The molecular weight excluding hydrogens is 1870 g/mol. The summed E-state index contributed by atoms with van der Waals surface area (Å²) in [5.41, 5.74) is 13.1. The lowest BCUT2D eigenvalue weighted by molar-refractivity contribution is 0.182. The Kier molecular flexibility index (Phi) is 29.8. The van der Waals surface area contributed by atoms with E-state index in [1.807, 2.05) is 52.0 Å². The molecule has 0 saturated carbocycles. The van der Waals surface area contributed by atoms with Gasteiger partial charge in [-0.3, -0.25) is 0 Å². The second-order valence-electron chi connectivity index (χ2n) is 36.5. The number of hydrogen-bond donors (Lipinski definition) is 8. The van der Waals surface area contributed by atoms with Gasteiger partial charge in [-0.05, 0) is 198 Å². The first-order chi connectivity index (χ1) is 67.2. The Bertz CT molecular complexity index is 6740. The molecule has 4 aliphatic rings. The molecule has 0 spiro atoms. The molecule has 4 aromatic carbocycles. The lowest BCUT2D eigenvalue weighted by atomic mass is 9.99. The molecule has 0 bridgehead atoms. The predicted molar refractivity (Wildman–Crippen MR) is 539 cm³/mol. The van der Waals surface area contributed by atoms with E-state index in [0.29, 0.717) is 148 Å². The number of pyridine rings is 4. The number of piperidine rings is 4. The van der Waals surface area contributed by atoms with Crippen LogP contribution in [0, 0.1) is 51.4 Å². The molecule has 8 N–H and O–H groups in total. The maximum atomic E-state index is 11.8. The zero-order valence-electron chi connectivity index (χ0n) is 80.1. The summed E-state index contributed by atoms with van der Waals surface area (Å²) in [6.07, 6.45) is 23.6. The van der Waals surface area contributed by atoms with E-state index in [0.717, 1.165) is 162 Å². The number of rotatable bonds is 28. The zero-order chi connectivity index (χ0) is 98.3. The van der Waals surface area contributed by atoms with Crippen LogP contribution in [0.15, 0.2) is 148 Å². The van der Waals surface area contributed by atoms with Crippen LogP contribution in [0.25, 0.3) is 87.7 Å². The molecule has 4 fully saturated rings. The van der Waals surface area contributed by atoms with Crippen molar-refractivity contribution in [2.45, 2.75) is 131 Å². The van der Waals surface area contributed by atoms with E-state index >= 15 is 0 Å². The van der Waals surface area contributed by atoms with Crippen LogP contribution in [-0.4, -0.2) is 254 Å². The topological polar surface area (TPSA) is 504 Å². The van der Waals surface area contributed by atoms with E-state index < -0.39 is 40.1 Å². The number of fused-ring (bicyclic) bond motifs is 8. The third-order valence-electron chi connectivity index (χ3n) is 26.3. The molecule has 16 aromatic rings. The highest BCUT2D eigenvalue weighted by Gasteiger charge is 2.33. The molecule has 20 rings (SSSR count). The number of sulfonamides is 4. The minimum absolute atomic E-state index is 0.151. The first-order valence-corrected chi connectivity index (χ1v) is 54.1. The van der Waals surface area contributed by atoms with Crippen molar-refractivity contribution in [3.8, 4) is 23.5 Å². The number of nitrogens with one attached hydrogen (secondary N) is 8. The van der Waals surface area contributed by atoms with Crippen molar-refractivity contribution in [1.82, 2.24) is 117 Å². The molecule has 12 aromatic heterocycles. The molecule has 4 unspecified atom stereocenters. The number of hydrogen-bond acceptors (Lipinski definition) is 32. The van der Waals surface area contributed by atoms with Crippen molar-refractivity contribution in [3.05, 3.63) is 193 Å². The van der Waals surface area contributed by atoms with E-state index in [2.05, 4.69) is 202 Å². The minimum atomic E-state index is -3.14. The maximum absolute atomic E-state index is 11.8. The quantitative estimate of drug-likeness (QED) is 0.0226. The summed E-state index contributed by atoms with van der Waals surface area (Å²) in [6.45, 7) is 22.6. The summed E-state index contributed by atoms with van der Waals surface area (Å²) in [5.74, 6) is 6.16. The van der Waals surface area contributed by atoms with Gasteiger partial charge >= 0.3 is 0 Å². The highest BCUT2D eigenvalue weighted by molar-refractivity contribution is 7.89. The van der Waals surface area contributed by atoms with Gasteiger partial charge in [-0.25, -0.2) is 131 Å². The Morgan fingerprint density at radius 3 is 0.700 bits per heavy atom. The molecule has 0 amide bonds. The summed E-state index contributed by atoms with van der Waals surface area (Å²) < 4.78 is 126. The van der Waals surface area contributed by atoms with Gasteiger partial charge in [0.05, 0.1) is 124 Å². The Labute approximate surface area is 811 Å². The second kappa shape index (κ2) is 42.4. The van der Waals surface area contributed by atoms with Crippen LogP contribution in [0.3, 0.4) is 0 Å². The molecule has 4 aliphatic heterocycles. The van der Waals surface area contributed by atoms with E-state index in [-0.39, 0.29) is 47.8 Å². The minimum Gasteiger partial charge on any atom is -0.477 e. The highest BCUT2D eigenvalue weighted by Crippen LogP contribution is 2.39. The number of nitrogens with zero attached hydrogens (tertiary/aromatic N) is 20. The van der Waals surface area contributed by atoms with Crippen molar-refractivity contribution in [1.29, 1.82) is 0 Å². The third kappa shape index (κ3) is 23.2. The third-order valence-corrected chi connectivity index (χ3v) is 31.5. The van der Waals surface area contributed by atoms with Crippen LogP contribution in [0.4, 0.5) is 23.3 Å². The molecule has 40 nitrogen and oxygen atoms in total. The fourth-order valence-corrected chi connectivity index (χ4v) is 21.7. The van der Waals surface area contributed by atoms with Crippen molar-refractivity contribution in [3.63, 3.8) is 0 Å². The Hall–Kier alpha value is -13.2. The standard InChI is InChI=1S/4C24H29N7O3S/c4*1-15-5-4-6-18-11-19(16(2)29-23-21-22(26-13-25-21)27-14-28-23)30-24(20(15)18)34-12-17-7-9-31(10-8-17)35(3,32)33/h4*4-6,11,13-14,16-17H,7-10,12H2,1-3H3,(H2,25,26,27,28,29). The molecule has 44 heteroatoms. The van der Waals surface area contributed by atoms with Gasteiger partial charge in [0, 0.05) is 73.9 Å². The Balaban J connectivity index is 0.000000129. The van der Waals surface area contributed by atoms with Gasteiger partial charge in [-0.2, -0.15) is 0 Å². The van der Waals surface area contributed by atoms with E-state index in [1.165, 1.54) is 50.3 Å². The molecule has 140 heavy (non-hydrogen) atoms. The molecule has 0 aliphatic carbocycles. The average Bonchev–Trinajstić information content (AvgIpc) is 0.864. The summed E-state index contributed by atoms with van der Waals surface area (Å²) in [6, 6.07) is 32.3. The monoisotopic (exact) mass is 1980 g/mol. The van der Waals surface area contributed by atoms with Gasteiger partial charge in [0.2, 0.25) is 63.6 Å². The van der Waals surface area contributed by atoms with Crippen molar-refractivity contribution < 1.29 is 52.6 Å². The Morgan fingerprint density at radius 2 is 0.507 bits per heavy atom. The summed E-state index contributed by atoms with van der Waals surface area (Å²) >= 11 is 0. The summed E-state index contributed by atoms with van der Waals surface area (Å²) in [5, 5.41) is 21.9. The van der Waals surface area contributed by atoms with Crippen molar-refractivity contribution in [2.75, 3.05) is 125 Å². The first kappa shape index (κ1) is 98.4. The number of aryl methyl sites for hydroxylation is 4. The summed E-state index contributed by atoms with van der Waals surface area (Å²) in [4.78, 5) is 82.8. The number of aromatic amines is 4. The van der Waals surface area contributed by atoms with Crippen LogP contribution in [0.1, 0.15) is 148 Å². The van der Waals surface area contributed by atoms with Crippen LogP contribution in [0.2, 0.25) is 0 Å². The average molecular weight is 1980 g/mol. The van der Waals surface area contributed by atoms with Gasteiger partial charge in [0.25, 0.3) is 0 Å². The highest BCUT2D eigenvalue weighted by atomic mass is 32.2. The SMILES string of the molecule is Cc1cccc2cc(C(C)Nc3ncnc4nc[nH]c34)nc(OCC3CCN(S(C)(=O)=O)CC3)c12.Cc1cccc2cc(C(C)Nc3ncnc4nc[nH]c34)nc(OCC3CCN(S(C)(=O)=O)CC3)c12.Cc1cccc2cc(C(C)Nc3ncnc4nc[nH]c34)nc(OCC3CCN(S(C)(=O)=O)CC3)c12.Cc1cccc2cc(C(C)Nc3ncnc4nc[nH]c34)nc(OCC3CCN(S(C)(=O)=O)CC3)c12. The van der Waals surface area contributed by atoms with Gasteiger partial charge < -0.3 is 60.2 Å². The molecule has 4 atom stereocenters. The normalized spacial score (nSPS) is 16.5. The van der Waals surface area contributed by atoms with Gasteiger partial charge in [-0.1, -0.05) is 72.8 Å².